The highest BCUT2D eigenvalue weighted by molar-refractivity contribution is 6.03. The number of methoxy groups -OCH3 is 2. The van der Waals surface area contributed by atoms with E-state index >= 15 is 0 Å². The fraction of sp³-hybridized carbons (Fsp3) is 0.167. The maximum Gasteiger partial charge on any atom is 0.328 e. The van der Waals surface area contributed by atoms with Gasteiger partial charge in [0.1, 0.15) is 11.5 Å². The molecule has 0 saturated carbocycles. The summed E-state index contributed by atoms with van der Waals surface area (Å²) in [7, 11) is 2.97. The molecule has 0 fully saturated rings. The van der Waals surface area contributed by atoms with Gasteiger partial charge in [-0.3, -0.25) is 4.79 Å². The van der Waals surface area contributed by atoms with Crippen LogP contribution in [-0.4, -0.2) is 31.2 Å². The van der Waals surface area contributed by atoms with Crippen molar-refractivity contribution < 1.29 is 24.2 Å². The van der Waals surface area contributed by atoms with Crippen LogP contribution in [0, 0.1) is 0 Å². The number of carboxylic acids is 1. The Labute approximate surface area is 104 Å². The summed E-state index contributed by atoms with van der Waals surface area (Å²) in [6.45, 7) is 0. The van der Waals surface area contributed by atoms with Crippen LogP contribution in [0.15, 0.2) is 30.4 Å². The quantitative estimate of drug-likeness (QED) is 0.770. The van der Waals surface area contributed by atoms with E-state index in [0.29, 0.717) is 17.2 Å². The molecular formula is C12H13NO5. The Kier molecular flexibility index (Phi) is 4.74. The van der Waals surface area contributed by atoms with Crippen molar-refractivity contribution in [2.75, 3.05) is 19.5 Å². The van der Waals surface area contributed by atoms with Gasteiger partial charge in [0, 0.05) is 18.2 Å². The van der Waals surface area contributed by atoms with E-state index in [-0.39, 0.29) is 0 Å². The summed E-state index contributed by atoms with van der Waals surface area (Å²) in [6.07, 6.45) is 1.68. The van der Waals surface area contributed by atoms with E-state index in [0.717, 1.165) is 12.2 Å². The number of rotatable bonds is 5. The molecule has 0 aliphatic carbocycles. The molecule has 0 unspecified atom stereocenters. The van der Waals surface area contributed by atoms with Gasteiger partial charge < -0.3 is 19.9 Å². The minimum atomic E-state index is -1.19. The van der Waals surface area contributed by atoms with Crippen LogP contribution in [0.4, 0.5) is 5.69 Å². The van der Waals surface area contributed by atoms with Gasteiger partial charge in [-0.1, -0.05) is 0 Å². The van der Waals surface area contributed by atoms with Crippen molar-refractivity contribution in [3.63, 3.8) is 0 Å². The summed E-state index contributed by atoms with van der Waals surface area (Å²) >= 11 is 0. The van der Waals surface area contributed by atoms with E-state index in [1.807, 2.05) is 0 Å². The van der Waals surface area contributed by atoms with Crippen molar-refractivity contribution in [2.45, 2.75) is 0 Å². The normalized spacial score (nSPS) is 10.1. The topological polar surface area (TPSA) is 84.9 Å². The van der Waals surface area contributed by atoms with Gasteiger partial charge in [-0.2, -0.15) is 0 Å². The molecule has 0 heterocycles. The minimum Gasteiger partial charge on any atom is -0.497 e. The molecule has 1 amide bonds. The Bertz CT molecular complexity index is 481. The summed E-state index contributed by atoms with van der Waals surface area (Å²) in [6, 6.07) is 4.86. The summed E-state index contributed by atoms with van der Waals surface area (Å²) in [5.74, 6) is -0.731. The van der Waals surface area contributed by atoms with Crippen LogP contribution < -0.4 is 14.8 Å². The molecule has 1 aromatic carbocycles. The number of benzene rings is 1. The minimum absolute atomic E-state index is 0.423. The maximum atomic E-state index is 11.4. The first kappa shape index (κ1) is 13.6. The zero-order valence-corrected chi connectivity index (χ0v) is 9.97. The van der Waals surface area contributed by atoms with Gasteiger partial charge in [0.05, 0.1) is 19.9 Å². The van der Waals surface area contributed by atoms with Crippen LogP contribution >= 0.6 is 0 Å². The fourth-order valence-corrected chi connectivity index (χ4v) is 1.22. The molecule has 96 valence electrons. The number of nitrogens with one attached hydrogen (secondary N) is 1. The first-order valence-electron chi connectivity index (χ1n) is 5.01. The van der Waals surface area contributed by atoms with Crippen molar-refractivity contribution in [3.8, 4) is 11.5 Å². The van der Waals surface area contributed by atoms with E-state index < -0.39 is 11.9 Å². The number of anilines is 1. The van der Waals surface area contributed by atoms with Crippen molar-refractivity contribution in [3.05, 3.63) is 30.4 Å². The molecule has 1 aromatic rings. The second kappa shape index (κ2) is 6.29. The summed E-state index contributed by atoms with van der Waals surface area (Å²) in [5.41, 5.74) is 0.429. The second-order valence-corrected chi connectivity index (χ2v) is 3.23. The lowest BCUT2D eigenvalue weighted by atomic mass is 10.2. The standard InChI is InChI=1S/C12H13NO5/c1-17-8-3-4-9(10(7-8)18-2)13-11(14)5-6-12(15)16/h3-7H,1-2H3,(H,13,14)(H,15,16)/b6-5+. The molecular weight excluding hydrogens is 238 g/mol. The van der Waals surface area contributed by atoms with E-state index in [1.165, 1.54) is 14.2 Å². The average Bonchev–Trinajstić information content (AvgIpc) is 2.36. The van der Waals surface area contributed by atoms with Crippen molar-refractivity contribution in [1.82, 2.24) is 0 Å². The number of aliphatic carboxylic acids is 1. The van der Waals surface area contributed by atoms with Crippen molar-refractivity contribution in [1.29, 1.82) is 0 Å². The average molecular weight is 251 g/mol. The SMILES string of the molecule is COc1ccc(NC(=O)/C=C/C(=O)O)c(OC)c1. The zero-order valence-electron chi connectivity index (χ0n) is 9.97. The van der Waals surface area contributed by atoms with E-state index in [1.54, 1.807) is 18.2 Å². The third kappa shape index (κ3) is 3.82. The van der Waals surface area contributed by atoms with Gasteiger partial charge in [-0.15, -0.1) is 0 Å². The van der Waals surface area contributed by atoms with E-state index in [4.69, 9.17) is 14.6 Å². The Hall–Kier alpha value is -2.50. The molecule has 0 atom stereocenters. The third-order valence-electron chi connectivity index (χ3n) is 2.04. The number of carbonyl (C=O) groups is 2. The number of hydrogen-bond donors (Lipinski definition) is 2. The Balaban J connectivity index is 2.84. The molecule has 18 heavy (non-hydrogen) atoms. The van der Waals surface area contributed by atoms with Crippen LogP contribution in [0.25, 0.3) is 0 Å². The smallest absolute Gasteiger partial charge is 0.328 e. The Morgan fingerprint density at radius 2 is 1.94 bits per heavy atom. The molecule has 0 bridgehead atoms. The number of carbonyl (C=O) groups excluding carboxylic acids is 1. The summed E-state index contributed by atoms with van der Waals surface area (Å²) in [5, 5.41) is 10.9. The van der Waals surface area contributed by atoms with Crippen LogP contribution in [0.3, 0.4) is 0 Å². The molecule has 0 aromatic heterocycles. The van der Waals surface area contributed by atoms with Crippen LogP contribution in [0.1, 0.15) is 0 Å². The number of hydrogen-bond acceptors (Lipinski definition) is 4. The second-order valence-electron chi connectivity index (χ2n) is 3.23. The largest absolute Gasteiger partial charge is 0.497 e. The molecule has 6 heteroatoms. The van der Waals surface area contributed by atoms with E-state index in [2.05, 4.69) is 5.32 Å². The number of amides is 1. The maximum absolute atomic E-state index is 11.4. The lowest BCUT2D eigenvalue weighted by Crippen LogP contribution is -2.09. The molecule has 0 aliphatic heterocycles. The van der Waals surface area contributed by atoms with Crippen molar-refractivity contribution in [2.24, 2.45) is 0 Å². The zero-order chi connectivity index (χ0) is 13.5. The Morgan fingerprint density at radius 1 is 1.22 bits per heavy atom. The van der Waals surface area contributed by atoms with Gasteiger partial charge in [-0.05, 0) is 12.1 Å². The third-order valence-corrected chi connectivity index (χ3v) is 2.04. The van der Waals surface area contributed by atoms with Gasteiger partial charge in [0.2, 0.25) is 5.91 Å². The van der Waals surface area contributed by atoms with Gasteiger partial charge in [-0.25, -0.2) is 4.79 Å². The lowest BCUT2D eigenvalue weighted by Gasteiger charge is -2.10. The summed E-state index contributed by atoms with van der Waals surface area (Å²) < 4.78 is 10.1. The molecule has 6 nitrogen and oxygen atoms in total. The van der Waals surface area contributed by atoms with Gasteiger partial charge in [0.25, 0.3) is 0 Å². The first-order chi connectivity index (χ1) is 8.56. The van der Waals surface area contributed by atoms with Gasteiger partial charge in [0.15, 0.2) is 0 Å². The molecule has 0 aliphatic rings. The number of carboxylic acid groups (broad SMARTS) is 1. The molecule has 0 radical (unpaired) electrons. The fourth-order valence-electron chi connectivity index (χ4n) is 1.22. The highest BCUT2D eigenvalue weighted by atomic mass is 16.5. The molecule has 0 spiro atoms. The summed E-state index contributed by atoms with van der Waals surface area (Å²) in [4.78, 5) is 21.6. The monoisotopic (exact) mass is 251 g/mol. The van der Waals surface area contributed by atoms with Gasteiger partial charge >= 0.3 is 5.97 Å². The predicted octanol–water partition coefficient (Wildman–Crippen LogP) is 1.28. The molecule has 1 rings (SSSR count). The van der Waals surface area contributed by atoms with Crippen LogP contribution in [0.2, 0.25) is 0 Å². The molecule has 2 N–H and O–H groups in total. The highest BCUT2D eigenvalue weighted by Crippen LogP contribution is 2.28. The first-order valence-corrected chi connectivity index (χ1v) is 5.01. The molecule has 0 saturated heterocycles. The van der Waals surface area contributed by atoms with E-state index in [9.17, 15) is 9.59 Å². The predicted molar refractivity (Wildman–Crippen MR) is 65.0 cm³/mol. The Morgan fingerprint density at radius 3 is 2.50 bits per heavy atom. The highest BCUT2D eigenvalue weighted by Gasteiger charge is 2.07. The number of ether oxygens (including phenoxy) is 2. The van der Waals surface area contributed by atoms with Crippen molar-refractivity contribution >= 4 is 17.6 Å². The lowest BCUT2D eigenvalue weighted by molar-refractivity contribution is -0.131. The van der Waals surface area contributed by atoms with Crippen LogP contribution in [0.5, 0.6) is 11.5 Å². The van der Waals surface area contributed by atoms with Crippen LogP contribution in [-0.2, 0) is 9.59 Å².